The lowest BCUT2D eigenvalue weighted by Crippen LogP contribution is -2.11. The Morgan fingerprint density at radius 3 is 2.94 bits per heavy atom. The number of rotatable bonds is 2. The lowest BCUT2D eigenvalue weighted by molar-refractivity contribution is 0.148. The predicted octanol–water partition coefficient (Wildman–Crippen LogP) is 2.27. The number of nitrogens with zero attached hydrogens (tertiary/aromatic N) is 2. The highest BCUT2D eigenvalue weighted by atomic mass is 16.5. The first kappa shape index (κ1) is 10.5. The van der Waals surface area contributed by atoms with Gasteiger partial charge in [-0.25, -0.2) is 0 Å². The molecule has 17 heavy (non-hydrogen) atoms. The Hall–Kier alpha value is -1.62. The summed E-state index contributed by atoms with van der Waals surface area (Å²) in [6, 6.07) is 1.86. The monoisotopic (exact) mass is 234 g/mol. The smallest absolute Gasteiger partial charge is 0.238 e. The molecule has 5 heteroatoms. The molecule has 2 aromatic rings. The summed E-state index contributed by atoms with van der Waals surface area (Å²) in [6.45, 7) is 1.93. The van der Waals surface area contributed by atoms with Gasteiger partial charge in [0.2, 0.25) is 11.7 Å². The molecular formula is C12H14N2O3. The van der Waals surface area contributed by atoms with E-state index >= 15 is 0 Å². The van der Waals surface area contributed by atoms with E-state index < -0.39 is 0 Å². The first-order chi connectivity index (χ1) is 8.25. The van der Waals surface area contributed by atoms with Crippen LogP contribution in [0, 0.1) is 6.92 Å². The fraction of sp³-hybridized carbons (Fsp3) is 0.500. The van der Waals surface area contributed by atoms with Crippen molar-refractivity contribution in [3.8, 4) is 11.6 Å². The van der Waals surface area contributed by atoms with E-state index in [1.54, 1.807) is 6.26 Å². The third-order valence-corrected chi connectivity index (χ3v) is 3.30. The van der Waals surface area contributed by atoms with Gasteiger partial charge in [-0.15, -0.1) is 0 Å². The molecule has 0 spiro atoms. The minimum Gasteiger partial charge on any atom is -0.461 e. The van der Waals surface area contributed by atoms with Crippen LogP contribution in [-0.4, -0.2) is 21.4 Å². The minimum absolute atomic E-state index is 0.0217. The van der Waals surface area contributed by atoms with Crippen LogP contribution in [-0.2, 0) is 0 Å². The molecule has 90 valence electrons. The van der Waals surface area contributed by atoms with Crippen molar-refractivity contribution in [1.29, 1.82) is 0 Å². The van der Waals surface area contributed by atoms with Crippen molar-refractivity contribution in [3.05, 3.63) is 23.8 Å². The number of hydrogen-bond acceptors (Lipinski definition) is 5. The number of aliphatic hydroxyl groups excluding tert-OH is 1. The van der Waals surface area contributed by atoms with Crippen LogP contribution in [0.4, 0.5) is 0 Å². The first-order valence-corrected chi connectivity index (χ1v) is 5.82. The van der Waals surface area contributed by atoms with Crippen molar-refractivity contribution in [3.63, 3.8) is 0 Å². The normalized spacial score (nSPS) is 24.4. The van der Waals surface area contributed by atoms with Gasteiger partial charge < -0.3 is 14.0 Å². The van der Waals surface area contributed by atoms with Gasteiger partial charge in [0.05, 0.1) is 18.3 Å². The molecule has 2 heterocycles. The summed E-state index contributed by atoms with van der Waals surface area (Å²) in [5.41, 5.74) is 0.976. The van der Waals surface area contributed by atoms with Gasteiger partial charge in [0.25, 0.3) is 0 Å². The molecule has 2 unspecified atom stereocenters. The zero-order chi connectivity index (χ0) is 11.8. The van der Waals surface area contributed by atoms with Crippen molar-refractivity contribution in [2.45, 2.75) is 38.2 Å². The summed E-state index contributed by atoms with van der Waals surface area (Å²) in [5.74, 6) is 1.58. The standard InChI is InChI=1S/C12H14N2O3/c1-7-5-6-16-10(7)11-13-12(17-14-11)8-3-2-4-9(8)15/h5-6,8-9,15H,2-4H2,1H3. The third-order valence-electron chi connectivity index (χ3n) is 3.30. The summed E-state index contributed by atoms with van der Waals surface area (Å²) in [7, 11) is 0. The molecule has 1 fully saturated rings. The van der Waals surface area contributed by atoms with Gasteiger partial charge in [0.1, 0.15) is 0 Å². The van der Waals surface area contributed by atoms with Crippen LogP contribution in [0.25, 0.3) is 11.6 Å². The Kier molecular flexibility index (Phi) is 2.48. The molecule has 2 atom stereocenters. The lowest BCUT2D eigenvalue weighted by atomic mass is 10.1. The summed E-state index contributed by atoms with van der Waals surface area (Å²) in [6.07, 6.45) is 3.96. The third kappa shape index (κ3) is 1.76. The number of aromatic nitrogens is 2. The highest BCUT2D eigenvalue weighted by Gasteiger charge is 2.31. The zero-order valence-corrected chi connectivity index (χ0v) is 9.59. The van der Waals surface area contributed by atoms with Gasteiger partial charge in [-0.2, -0.15) is 4.98 Å². The van der Waals surface area contributed by atoms with Gasteiger partial charge in [-0.1, -0.05) is 5.16 Å². The summed E-state index contributed by atoms with van der Waals surface area (Å²) < 4.78 is 10.5. The number of furan rings is 1. The summed E-state index contributed by atoms with van der Waals surface area (Å²) in [5, 5.41) is 13.7. The largest absolute Gasteiger partial charge is 0.461 e. The van der Waals surface area contributed by atoms with Gasteiger partial charge in [0, 0.05) is 0 Å². The molecule has 1 aliphatic rings. The van der Waals surface area contributed by atoms with E-state index in [0.717, 1.165) is 24.8 Å². The molecule has 1 N–H and O–H groups in total. The van der Waals surface area contributed by atoms with Crippen LogP contribution in [0.2, 0.25) is 0 Å². The van der Waals surface area contributed by atoms with E-state index in [2.05, 4.69) is 10.1 Å². The van der Waals surface area contributed by atoms with Crippen LogP contribution in [0.15, 0.2) is 21.3 Å². The van der Waals surface area contributed by atoms with E-state index in [0.29, 0.717) is 17.5 Å². The maximum atomic E-state index is 9.79. The van der Waals surface area contributed by atoms with Gasteiger partial charge >= 0.3 is 0 Å². The Bertz CT molecular complexity index is 517. The maximum absolute atomic E-state index is 9.79. The first-order valence-electron chi connectivity index (χ1n) is 5.82. The fourth-order valence-electron chi connectivity index (χ4n) is 2.31. The quantitative estimate of drug-likeness (QED) is 0.862. The highest BCUT2D eigenvalue weighted by Crippen LogP contribution is 2.34. The summed E-state index contributed by atoms with van der Waals surface area (Å²) >= 11 is 0. The number of hydrogen-bond donors (Lipinski definition) is 1. The van der Waals surface area contributed by atoms with Crippen LogP contribution in [0.3, 0.4) is 0 Å². The second-order valence-corrected chi connectivity index (χ2v) is 4.49. The molecule has 2 aromatic heterocycles. The molecule has 1 aliphatic carbocycles. The van der Waals surface area contributed by atoms with E-state index in [-0.39, 0.29) is 12.0 Å². The van der Waals surface area contributed by atoms with E-state index in [1.165, 1.54) is 0 Å². The molecule has 0 aromatic carbocycles. The maximum Gasteiger partial charge on any atom is 0.238 e. The molecule has 0 aliphatic heterocycles. The number of aryl methyl sites for hydroxylation is 1. The zero-order valence-electron chi connectivity index (χ0n) is 9.59. The molecule has 3 rings (SSSR count). The average Bonchev–Trinajstić information content (AvgIpc) is 2.97. The van der Waals surface area contributed by atoms with Crippen molar-refractivity contribution in [2.24, 2.45) is 0 Å². The predicted molar refractivity (Wildman–Crippen MR) is 59.3 cm³/mol. The minimum atomic E-state index is -0.360. The Balaban J connectivity index is 1.90. The molecule has 0 radical (unpaired) electrons. The molecule has 0 saturated heterocycles. The van der Waals surface area contributed by atoms with Gasteiger partial charge in [-0.3, -0.25) is 0 Å². The van der Waals surface area contributed by atoms with Crippen LogP contribution < -0.4 is 0 Å². The summed E-state index contributed by atoms with van der Waals surface area (Å²) in [4.78, 5) is 4.31. The average molecular weight is 234 g/mol. The fourth-order valence-corrected chi connectivity index (χ4v) is 2.31. The van der Waals surface area contributed by atoms with Crippen molar-refractivity contribution in [2.75, 3.05) is 0 Å². The molecular weight excluding hydrogens is 220 g/mol. The van der Waals surface area contributed by atoms with Crippen LogP contribution in [0.5, 0.6) is 0 Å². The van der Waals surface area contributed by atoms with Gasteiger partial charge in [-0.05, 0) is 37.8 Å². The SMILES string of the molecule is Cc1ccoc1-c1noc(C2CCCC2O)n1. The van der Waals surface area contributed by atoms with Crippen LogP contribution in [0.1, 0.15) is 36.6 Å². The van der Waals surface area contributed by atoms with E-state index in [9.17, 15) is 5.11 Å². The Morgan fingerprint density at radius 2 is 2.29 bits per heavy atom. The van der Waals surface area contributed by atoms with E-state index in [1.807, 2.05) is 13.0 Å². The number of aliphatic hydroxyl groups is 1. The molecule has 1 saturated carbocycles. The molecule has 0 amide bonds. The Labute approximate surface area is 98.4 Å². The second kappa shape index (κ2) is 4.00. The van der Waals surface area contributed by atoms with Crippen LogP contribution >= 0.6 is 0 Å². The lowest BCUT2D eigenvalue weighted by Gasteiger charge is -2.07. The second-order valence-electron chi connectivity index (χ2n) is 4.49. The van der Waals surface area contributed by atoms with E-state index in [4.69, 9.17) is 8.94 Å². The van der Waals surface area contributed by atoms with Crippen molar-refractivity contribution in [1.82, 2.24) is 10.1 Å². The topological polar surface area (TPSA) is 72.3 Å². The van der Waals surface area contributed by atoms with Crippen molar-refractivity contribution >= 4 is 0 Å². The van der Waals surface area contributed by atoms with Gasteiger partial charge in [0.15, 0.2) is 5.76 Å². The highest BCUT2D eigenvalue weighted by molar-refractivity contribution is 5.51. The molecule has 5 nitrogen and oxygen atoms in total. The Morgan fingerprint density at radius 1 is 1.41 bits per heavy atom. The molecule has 0 bridgehead atoms. The van der Waals surface area contributed by atoms with Crippen molar-refractivity contribution < 1.29 is 14.0 Å².